The SMILES string of the molecule is CCOC(=O)C[C@@H](C(=O)OCC)[C@@H](NC(=O)c1cc(Br)cc(Br)c1)C(=O)O. The fraction of sp³-hybridized carbons (Fsp3) is 0.412. The van der Waals surface area contributed by atoms with Gasteiger partial charge in [0, 0.05) is 14.5 Å². The first kappa shape index (κ1) is 23.1. The fourth-order valence-electron chi connectivity index (χ4n) is 2.23. The van der Waals surface area contributed by atoms with Crippen molar-refractivity contribution < 1.29 is 33.8 Å². The number of aliphatic carboxylic acids is 1. The molecule has 1 rings (SSSR count). The molecule has 0 aliphatic heterocycles. The summed E-state index contributed by atoms with van der Waals surface area (Å²) in [5.41, 5.74) is 0.168. The van der Waals surface area contributed by atoms with Crippen LogP contribution in [0.3, 0.4) is 0 Å². The van der Waals surface area contributed by atoms with E-state index in [1.165, 1.54) is 12.1 Å². The first-order valence-electron chi connectivity index (χ1n) is 8.01. The van der Waals surface area contributed by atoms with Gasteiger partial charge in [0.25, 0.3) is 5.91 Å². The maximum atomic E-state index is 12.5. The molecule has 1 aromatic rings. The third kappa shape index (κ3) is 7.30. The van der Waals surface area contributed by atoms with Gasteiger partial charge in [-0.15, -0.1) is 0 Å². The van der Waals surface area contributed by atoms with E-state index in [1.54, 1.807) is 19.9 Å². The Balaban J connectivity index is 3.11. The summed E-state index contributed by atoms with van der Waals surface area (Å²) in [5, 5.41) is 11.8. The van der Waals surface area contributed by atoms with Crippen molar-refractivity contribution in [2.45, 2.75) is 26.3 Å². The molecule has 0 aromatic heterocycles. The van der Waals surface area contributed by atoms with Crippen LogP contribution in [-0.2, 0) is 23.9 Å². The molecule has 148 valence electrons. The summed E-state index contributed by atoms with van der Waals surface area (Å²) < 4.78 is 10.8. The summed E-state index contributed by atoms with van der Waals surface area (Å²) in [6.45, 7) is 3.20. The summed E-state index contributed by atoms with van der Waals surface area (Å²) in [6, 6.07) is 3.01. The number of carboxylic acids is 1. The van der Waals surface area contributed by atoms with E-state index in [2.05, 4.69) is 37.2 Å². The van der Waals surface area contributed by atoms with Crippen molar-refractivity contribution in [3.63, 3.8) is 0 Å². The first-order chi connectivity index (χ1) is 12.7. The molecule has 0 heterocycles. The normalized spacial score (nSPS) is 12.6. The monoisotopic (exact) mass is 507 g/mol. The van der Waals surface area contributed by atoms with E-state index in [9.17, 15) is 24.3 Å². The Morgan fingerprint density at radius 3 is 2.07 bits per heavy atom. The first-order valence-corrected chi connectivity index (χ1v) is 9.60. The van der Waals surface area contributed by atoms with Crippen LogP contribution in [0.25, 0.3) is 0 Å². The number of nitrogens with one attached hydrogen (secondary N) is 1. The highest BCUT2D eigenvalue weighted by atomic mass is 79.9. The van der Waals surface area contributed by atoms with E-state index in [-0.39, 0.29) is 18.8 Å². The third-order valence-electron chi connectivity index (χ3n) is 3.36. The van der Waals surface area contributed by atoms with Crippen molar-refractivity contribution in [3.05, 3.63) is 32.7 Å². The summed E-state index contributed by atoms with van der Waals surface area (Å²) >= 11 is 6.47. The van der Waals surface area contributed by atoms with E-state index in [0.717, 1.165) is 0 Å². The molecular weight excluding hydrogens is 490 g/mol. The maximum absolute atomic E-state index is 12.5. The number of carboxylic acid groups (broad SMARTS) is 1. The van der Waals surface area contributed by atoms with Gasteiger partial charge in [0.1, 0.15) is 6.04 Å². The predicted octanol–water partition coefficient (Wildman–Crippen LogP) is 2.53. The van der Waals surface area contributed by atoms with E-state index >= 15 is 0 Å². The smallest absolute Gasteiger partial charge is 0.327 e. The fourth-order valence-corrected chi connectivity index (χ4v) is 3.52. The van der Waals surface area contributed by atoms with Crippen molar-refractivity contribution in [3.8, 4) is 0 Å². The number of benzene rings is 1. The van der Waals surface area contributed by atoms with E-state index < -0.39 is 42.2 Å². The third-order valence-corrected chi connectivity index (χ3v) is 4.28. The highest BCUT2D eigenvalue weighted by Crippen LogP contribution is 2.21. The van der Waals surface area contributed by atoms with Crippen molar-refractivity contribution >= 4 is 55.7 Å². The summed E-state index contributed by atoms with van der Waals surface area (Å²) in [4.78, 5) is 48.2. The van der Waals surface area contributed by atoms with Gasteiger partial charge in [-0.05, 0) is 32.0 Å². The number of amides is 1. The molecule has 0 aliphatic carbocycles. The van der Waals surface area contributed by atoms with Crippen LogP contribution in [0, 0.1) is 5.92 Å². The van der Waals surface area contributed by atoms with Crippen LogP contribution < -0.4 is 5.32 Å². The van der Waals surface area contributed by atoms with Crippen molar-refractivity contribution in [1.29, 1.82) is 0 Å². The lowest BCUT2D eigenvalue weighted by molar-refractivity contribution is -0.159. The Morgan fingerprint density at radius 2 is 1.59 bits per heavy atom. The van der Waals surface area contributed by atoms with Crippen LogP contribution in [0.2, 0.25) is 0 Å². The minimum absolute atomic E-state index is 0.00295. The molecule has 0 aliphatic rings. The van der Waals surface area contributed by atoms with Gasteiger partial charge >= 0.3 is 17.9 Å². The lowest BCUT2D eigenvalue weighted by atomic mass is 9.95. The molecule has 8 nitrogen and oxygen atoms in total. The Labute approximate surface area is 172 Å². The minimum Gasteiger partial charge on any atom is -0.480 e. The molecule has 2 N–H and O–H groups in total. The van der Waals surface area contributed by atoms with Crippen LogP contribution >= 0.6 is 31.9 Å². The zero-order chi connectivity index (χ0) is 20.6. The summed E-state index contributed by atoms with van der Waals surface area (Å²) in [7, 11) is 0. The minimum atomic E-state index is -1.67. The largest absolute Gasteiger partial charge is 0.480 e. The number of esters is 2. The van der Waals surface area contributed by atoms with Gasteiger partial charge in [-0.1, -0.05) is 31.9 Å². The van der Waals surface area contributed by atoms with Gasteiger partial charge in [0.2, 0.25) is 0 Å². The zero-order valence-corrected chi connectivity index (χ0v) is 17.8. The maximum Gasteiger partial charge on any atom is 0.327 e. The second-order valence-corrected chi connectivity index (χ2v) is 7.15. The van der Waals surface area contributed by atoms with Gasteiger partial charge in [0.15, 0.2) is 0 Å². The second kappa shape index (κ2) is 11.0. The molecule has 0 saturated heterocycles. The molecule has 0 radical (unpaired) electrons. The number of ether oxygens (including phenoxy) is 2. The quantitative estimate of drug-likeness (QED) is 0.492. The van der Waals surface area contributed by atoms with E-state index in [4.69, 9.17) is 9.47 Å². The lowest BCUT2D eigenvalue weighted by Crippen LogP contribution is -2.49. The Kier molecular flexibility index (Phi) is 9.44. The van der Waals surface area contributed by atoms with Crippen LogP contribution in [0.15, 0.2) is 27.1 Å². The average molecular weight is 509 g/mol. The number of hydrogen-bond acceptors (Lipinski definition) is 6. The van der Waals surface area contributed by atoms with Gasteiger partial charge in [0.05, 0.1) is 25.6 Å². The zero-order valence-electron chi connectivity index (χ0n) is 14.7. The van der Waals surface area contributed by atoms with Crippen LogP contribution in [0.5, 0.6) is 0 Å². The number of carbonyl (C=O) groups is 4. The van der Waals surface area contributed by atoms with E-state index in [0.29, 0.717) is 8.95 Å². The predicted molar refractivity (Wildman–Crippen MR) is 102 cm³/mol. The molecular formula is C17H19Br2NO7. The second-order valence-electron chi connectivity index (χ2n) is 5.32. The number of rotatable bonds is 9. The Morgan fingerprint density at radius 1 is 1.04 bits per heavy atom. The summed E-state index contributed by atoms with van der Waals surface area (Å²) in [5.74, 6) is -5.29. The molecule has 2 atom stereocenters. The molecule has 0 fully saturated rings. The van der Waals surface area contributed by atoms with Gasteiger partial charge < -0.3 is 19.9 Å². The standard InChI is InChI=1S/C17H19Br2NO7/c1-3-26-13(21)8-12(17(25)27-4-2)14(16(23)24)20-15(22)9-5-10(18)7-11(19)6-9/h5-7,12,14H,3-4,8H2,1-2H3,(H,20,22)(H,23,24)/t12-,14-/m1/s1. The molecule has 0 bridgehead atoms. The van der Waals surface area contributed by atoms with Crippen LogP contribution in [-0.4, -0.2) is 48.2 Å². The Hall–Kier alpha value is -1.94. The van der Waals surface area contributed by atoms with E-state index in [1.807, 2.05) is 0 Å². The van der Waals surface area contributed by atoms with Crippen molar-refractivity contribution in [2.24, 2.45) is 5.92 Å². The lowest BCUT2D eigenvalue weighted by Gasteiger charge is -2.23. The Bertz CT molecular complexity index is 703. The van der Waals surface area contributed by atoms with Crippen molar-refractivity contribution in [1.82, 2.24) is 5.32 Å². The number of halogens is 2. The molecule has 10 heteroatoms. The topological polar surface area (TPSA) is 119 Å². The van der Waals surface area contributed by atoms with Crippen LogP contribution in [0.4, 0.5) is 0 Å². The molecule has 0 spiro atoms. The van der Waals surface area contributed by atoms with Crippen LogP contribution in [0.1, 0.15) is 30.6 Å². The molecule has 1 amide bonds. The molecule has 1 aromatic carbocycles. The summed E-state index contributed by atoms with van der Waals surface area (Å²) in [6.07, 6.45) is -0.536. The number of hydrogen-bond donors (Lipinski definition) is 2. The van der Waals surface area contributed by atoms with Gasteiger partial charge in [-0.25, -0.2) is 4.79 Å². The van der Waals surface area contributed by atoms with Gasteiger partial charge in [-0.3, -0.25) is 14.4 Å². The molecule has 0 saturated carbocycles. The molecule has 27 heavy (non-hydrogen) atoms. The highest BCUT2D eigenvalue weighted by Gasteiger charge is 2.38. The highest BCUT2D eigenvalue weighted by molar-refractivity contribution is 9.11. The van der Waals surface area contributed by atoms with Gasteiger partial charge in [-0.2, -0.15) is 0 Å². The average Bonchev–Trinajstić information content (AvgIpc) is 2.57. The number of carbonyl (C=O) groups excluding carboxylic acids is 3. The molecule has 0 unspecified atom stereocenters. The van der Waals surface area contributed by atoms with Crippen molar-refractivity contribution in [2.75, 3.05) is 13.2 Å².